The van der Waals surface area contributed by atoms with Gasteiger partial charge in [-0.2, -0.15) is 13.2 Å². The van der Waals surface area contributed by atoms with E-state index in [1.54, 1.807) is 18.2 Å². The number of nitrogens with zero attached hydrogens (tertiary/aromatic N) is 2. The molecule has 1 aromatic carbocycles. The lowest BCUT2D eigenvalue weighted by Crippen LogP contribution is -2.17. The van der Waals surface area contributed by atoms with Crippen molar-refractivity contribution in [2.75, 3.05) is 5.32 Å². The molecule has 2 heterocycles. The van der Waals surface area contributed by atoms with Gasteiger partial charge < -0.3 is 5.32 Å². The largest absolute Gasteiger partial charge is 0.417 e. The quantitative estimate of drug-likeness (QED) is 0.583. The number of hydrogen-bond donors (Lipinski definition) is 1. The van der Waals surface area contributed by atoms with Crippen molar-refractivity contribution in [2.45, 2.75) is 25.9 Å². The van der Waals surface area contributed by atoms with E-state index in [0.717, 1.165) is 11.6 Å². The molecule has 1 N–H and O–H groups in total. The number of nitrogens with one attached hydrogen (secondary N) is 1. The van der Waals surface area contributed by atoms with E-state index in [4.69, 9.17) is 11.6 Å². The summed E-state index contributed by atoms with van der Waals surface area (Å²) in [5.74, 6) is -0.0186. The maximum atomic E-state index is 12.8. The molecule has 0 bridgehead atoms. The Balaban J connectivity index is 1.86. The second kappa shape index (κ2) is 7.67. The number of anilines is 1. The summed E-state index contributed by atoms with van der Waals surface area (Å²) in [5.41, 5.74) is 0.988. The van der Waals surface area contributed by atoms with E-state index in [2.05, 4.69) is 24.1 Å². The number of halogens is 4. The van der Waals surface area contributed by atoms with E-state index >= 15 is 0 Å². The molecule has 0 unspecified atom stereocenters. The second-order valence-electron chi connectivity index (χ2n) is 6.52. The normalized spacial score (nSPS) is 11.7. The number of aromatic nitrogens is 2. The Morgan fingerprint density at radius 2 is 1.86 bits per heavy atom. The third-order valence-electron chi connectivity index (χ3n) is 4.19. The lowest BCUT2D eigenvalue weighted by molar-refractivity contribution is -0.137. The first-order valence-electron chi connectivity index (χ1n) is 8.48. The van der Waals surface area contributed by atoms with Gasteiger partial charge in [0.15, 0.2) is 5.82 Å². The van der Waals surface area contributed by atoms with Gasteiger partial charge in [-0.05, 0) is 41.8 Å². The van der Waals surface area contributed by atoms with Crippen molar-refractivity contribution in [3.05, 3.63) is 76.7 Å². The van der Waals surface area contributed by atoms with Crippen molar-refractivity contribution < 1.29 is 18.0 Å². The fraction of sp³-hybridized carbons (Fsp3) is 0.200. The average molecular weight is 408 g/mol. The first-order valence-corrected chi connectivity index (χ1v) is 8.86. The van der Waals surface area contributed by atoms with Gasteiger partial charge >= 0.3 is 6.18 Å². The fourth-order valence-electron chi connectivity index (χ4n) is 2.66. The molecule has 8 heteroatoms. The minimum Gasteiger partial charge on any atom is -0.321 e. The lowest BCUT2D eigenvalue weighted by atomic mass is 10.0. The van der Waals surface area contributed by atoms with E-state index in [1.165, 1.54) is 16.8 Å². The molecule has 4 nitrogen and oxygen atoms in total. The first kappa shape index (κ1) is 19.9. The monoisotopic (exact) mass is 407 g/mol. The molecule has 0 saturated heterocycles. The van der Waals surface area contributed by atoms with Gasteiger partial charge in [0.05, 0.1) is 10.6 Å². The Morgan fingerprint density at radius 3 is 2.43 bits per heavy atom. The highest BCUT2D eigenvalue weighted by atomic mass is 35.5. The topological polar surface area (TPSA) is 46.9 Å². The van der Waals surface area contributed by atoms with Gasteiger partial charge in [-0.1, -0.05) is 37.6 Å². The number of benzene rings is 1. The molecule has 1 amide bonds. The smallest absolute Gasteiger partial charge is 0.321 e. The number of carbonyl (C=O) groups is 1. The molecule has 0 spiro atoms. The third-order valence-corrected chi connectivity index (χ3v) is 4.47. The van der Waals surface area contributed by atoms with Crippen molar-refractivity contribution in [1.29, 1.82) is 0 Å². The van der Waals surface area contributed by atoms with Crippen molar-refractivity contribution >= 4 is 23.2 Å². The molecule has 2 aromatic heterocycles. The molecular weight excluding hydrogens is 391 g/mol. The summed E-state index contributed by atoms with van der Waals surface area (Å²) < 4.78 is 39.7. The van der Waals surface area contributed by atoms with Crippen LogP contribution in [0.4, 0.5) is 18.9 Å². The van der Waals surface area contributed by atoms with Crippen LogP contribution >= 0.6 is 11.6 Å². The minimum atomic E-state index is -4.55. The number of carbonyl (C=O) groups excluding carboxylic acids is 1. The fourth-order valence-corrected chi connectivity index (χ4v) is 2.92. The Hall–Kier alpha value is -2.80. The molecule has 0 radical (unpaired) electrons. The number of alkyl halides is 3. The average Bonchev–Trinajstić information content (AvgIpc) is 3.11. The Kier molecular flexibility index (Phi) is 5.47. The zero-order valence-electron chi connectivity index (χ0n) is 15.1. The van der Waals surface area contributed by atoms with Crippen LogP contribution < -0.4 is 5.32 Å². The molecule has 3 rings (SSSR count). The van der Waals surface area contributed by atoms with Gasteiger partial charge in [-0.25, -0.2) is 4.98 Å². The molecule has 0 saturated carbocycles. The van der Waals surface area contributed by atoms with Gasteiger partial charge in [0.1, 0.15) is 5.69 Å². The van der Waals surface area contributed by atoms with Crippen molar-refractivity contribution in [2.24, 2.45) is 0 Å². The van der Waals surface area contributed by atoms with Crippen LogP contribution in [0.2, 0.25) is 5.02 Å². The SMILES string of the molecule is CC(C)c1ccc(NC(=O)c2cccn2-c2ncc(C(F)(F)F)cc2Cl)cc1. The third kappa shape index (κ3) is 4.20. The van der Waals surface area contributed by atoms with Crippen molar-refractivity contribution in [1.82, 2.24) is 9.55 Å². The maximum absolute atomic E-state index is 12.8. The summed E-state index contributed by atoms with van der Waals surface area (Å²) in [6.07, 6.45) is -2.35. The molecule has 0 aliphatic carbocycles. The Bertz CT molecular complexity index is 995. The molecular formula is C20H17ClF3N3O. The Morgan fingerprint density at radius 1 is 1.18 bits per heavy atom. The Labute approximate surface area is 165 Å². The van der Waals surface area contributed by atoms with Crippen LogP contribution in [0.25, 0.3) is 5.82 Å². The van der Waals surface area contributed by atoms with Crippen molar-refractivity contribution in [3.8, 4) is 5.82 Å². The predicted molar refractivity (Wildman–Crippen MR) is 102 cm³/mol. The molecule has 0 aliphatic rings. The number of amides is 1. The number of hydrogen-bond acceptors (Lipinski definition) is 2. The van der Waals surface area contributed by atoms with Crippen LogP contribution in [-0.2, 0) is 6.18 Å². The summed E-state index contributed by atoms with van der Waals surface area (Å²) in [6, 6.07) is 11.4. The summed E-state index contributed by atoms with van der Waals surface area (Å²) in [4.78, 5) is 16.4. The number of pyridine rings is 1. The van der Waals surface area contributed by atoms with E-state index < -0.39 is 17.6 Å². The van der Waals surface area contributed by atoms with E-state index in [0.29, 0.717) is 17.8 Å². The maximum Gasteiger partial charge on any atom is 0.417 e. The second-order valence-corrected chi connectivity index (χ2v) is 6.93. The standard InChI is InChI=1S/C20H17ClF3N3O/c1-12(2)13-5-7-15(8-6-13)26-19(28)17-4-3-9-27(17)18-16(21)10-14(11-25-18)20(22,23)24/h3-12H,1-2H3,(H,26,28). The van der Waals surface area contributed by atoms with Crippen LogP contribution in [0.1, 0.15) is 41.4 Å². The summed E-state index contributed by atoms with van der Waals surface area (Å²) >= 11 is 6.00. The highest BCUT2D eigenvalue weighted by Gasteiger charge is 2.32. The summed E-state index contributed by atoms with van der Waals surface area (Å²) in [5, 5.41) is 2.56. The molecule has 3 aromatic rings. The molecule has 146 valence electrons. The van der Waals surface area contributed by atoms with E-state index in [-0.39, 0.29) is 16.5 Å². The van der Waals surface area contributed by atoms with Gasteiger partial charge in [0.25, 0.3) is 5.91 Å². The predicted octanol–water partition coefficient (Wildman–Crippen LogP) is 5.92. The first-order chi connectivity index (χ1) is 13.2. The van der Waals surface area contributed by atoms with E-state index in [9.17, 15) is 18.0 Å². The molecule has 0 aliphatic heterocycles. The molecule has 0 fully saturated rings. The summed E-state index contributed by atoms with van der Waals surface area (Å²) in [6.45, 7) is 4.14. The van der Waals surface area contributed by atoms with Crippen LogP contribution in [-0.4, -0.2) is 15.5 Å². The zero-order chi connectivity index (χ0) is 20.5. The lowest BCUT2D eigenvalue weighted by Gasteiger charge is -2.13. The van der Waals surface area contributed by atoms with Gasteiger partial charge in [0, 0.05) is 18.1 Å². The molecule has 0 atom stereocenters. The highest BCUT2D eigenvalue weighted by Crippen LogP contribution is 2.32. The van der Waals surface area contributed by atoms with Crippen LogP contribution in [0.3, 0.4) is 0 Å². The van der Waals surface area contributed by atoms with E-state index in [1.807, 2.05) is 12.1 Å². The zero-order valence-corrected chi connectivity index (χ0v) is 15.8. The van der Waals surface area contributed by atoms with Gasteiger partial charge in [0.2, 0.25) is 0 Å². The van der Waals surface area contributed by atoms with Crippen LogP contribution in [0.5, 0.6) is 0 Å². The molecule has 28 heavy (non-hydrogen) atoms. The van der Waals surface area contributed by atoms with Crippen molar-refractivity contribution in [3.63, 3.8) is 0 Å². The summed E-state index contributed by atoms with van der Waals surface area (Å²) in [7, 11) is 0. The number of rotatable bonds is 4. The highest BCUT2D eigenvalue weighted by molar-refractivity contribution is 6.32. The van der Waals surface area contributed by atoms with Gasteiger partial charge in [-0.3, -0.25) is 9.36 Å². The minimum absolute atomic E-state index is 0.0416. The van der Waals surface area contributed by atoms with Gasteiger partial charge in [-0.15, -0.1) is 0 Å². The van der Waals surface area contributed by atoms with Crippen LogP contribution in [0.15, 0.2) is 54.9 Å². The van der Waals surface area contributed by atoms with Crippen LogP contribution in [0, 0.1) is 0 Å².